The Morgan fingerprint density at radius 1 is 1.38 bits per heavy atom. The van der Waals surface area contributed by atoms with Crippen LogP contribution in [-0.2, 0) is 4.79 Å². The van der Waals surface area contributed by atoms with Crippen LogP contribution in [0, 0.1) is 16.0 Å². The largest absolute Gasteiger partial charge is 0.328 e. The van der Waals surface area contributed by atoms with Gasteiger partial charge in [-0.05, 0) is 17.9 Å². The van der Waals surface area contributed by atoms with E-state index in [4.69, 9.17) is 0 Å². The van der Waals surface area contributed by atoms with Gasteiger partial charge in [-0.2, -0.15) is 10.1 Å². The van der Waals surface area contributed by atoms with Gasteiger partial charge in [-0.15, -0.1) is 0 Å². The molecule has 1 aliphatic carbocycles. The number of nitro benzene ring substituents is 1. The molecule has 122 valence electrons. The van der Waals surface area contributed by atoms with Crippen molar-refractivity contribution in [1.29, 1.82) is 0 Å². The molecule has 1 N–H and O–H groups in total. The number of hydrogen-bond acceptors (Lipinski definition) is 6. The monoisotopic (exact) mass is 325 g/mol. The summed E-state index contributed by atoms with van der Waals surface area (Å²) in [5.74, 6) is 0.852. The van der Waals surface area contributed by atoms with Crippen molar-refractivity contribution in [3.63, 3.8) is 0 Å². The van der Waals surface area contributed by atoms with E-state index in [0.29, 0.717) is 23.5 Å². The highest BCUT2D eigenvalue weighted by Gasteiger charge is 2.38. The molecule has 0 amide bonds. The number of anilines is 1. The zero-order chi connectivity index (χ0) is 16.8. The summed E-state index contributed by atoms with van der Waals surface area (Å²) in [6, 6.07) is 5.86. The van der Waals surface area contributed by atoms with Crippen LogP contribution >= 0.6 is 0 Å². The van der Waals surface area contributed by atoms with Crippen molar-refractivity contribution in [2.24, 2.45) is 5.92 Å². The Morgan fingerprint density at radius 3 is 3.00 bits per heavy atom. The van der Waals surface area contributed by atoms with Crippen LogP contribution in [0.25, 0.3) is 0 Å². The molecule has 8 nitrogen and oxygen atoms in total. The average Bonchev–Trinajstić information content (AvgIpc) is 3.00. The third-order valence-corrected chi connectivity index (χ3v) is 4.46. The van der Waals surface area contributed by atoms with E-state index in [1.54, 1.807) is 16.8 Å². The fraction of sp³-hybridized carbons (Fsp3) is 0.312. The minimum absolute atomic E-state index is 0.00789. The number of nitrogens with zero attached hydrogens (tertiary/aromatic N) is 4. The lowest BCUT2D eigenvalue weighted by atomic mass is 9.81. The van der Waals surface area contributed by atoms with Crippen LogP contribution in [-0.4, -0.2) is 25.5 Å². The number of aromatic nitrogens is 3. The first-order valence-corrected chi connectivity index (χ1v) is 7.71. The Labute approximate surface area is 137 Å². The predicted molar refractivity (Wildman–Crippen MR) is 85.3 cm³/mol. The Bertz CT molecular complexity index is 885. The van der Waals surface area contributed by atoms with Gasteiger partial charge in [0.15, 0.2) is 5.78 Å². The molecule has 1 aromatic carbocycles. The molecule has 2 aromatic rings. The van der Waals surface area contributed by atoms with Gasteiger partial charge < -0.3 is 5.32 Å². The predicted octanol–water partition coefficient (Wildman–Crippen LogP) is 2.45. The summed E-state index contributed by atoms with van der Waals surface area (Å²) in [5.41, 5.74) is 2.13. The number of allylic oxidation sites excluding steroid dienone is 2. The third kappa shape index (κ3) is 2.18. The second kappa shape index (κ2) is 5.26. The number of non-ortho nitro benzene ring substituents is 1. The Kier molecular flexibility index (Phi) is 3.19. The molecule has 0 unspecified atom stereocenters. The standard InChI is InChI=1S/C16H15N5O3/c1-9-5-12-14(13(22)6-9)15(20-16(19-12)17-8-18-20)10-3-2-4-11(7-10)21(23)24/h2-4,7-9,15H,5-6H2,1H3,(H,17,18,19)/t9-,15+/m1/s1. The highest BCUT2D eigenvalue weighted by molar-refractivity contribution is 5.99. The number of fused-ring (bicyclic) bond motifs is 1. The smallest absolute Gasteiger partial charge is 0.269 e. The van der Waals surface area contributed by atoms with Gasteiger partial charge in [0, 0.05) is 29.8 Å². The van der Waals surface area contributed by atoms with E-state index in [1.807, 2.05) is 6.92 Å². The molecule has 0 fully saturated rings. The molecular weight excluding hydrogens is 310 g/mol. The number of benzene rings is 1. The Balaban J connectivity index is 1.90. The molecule has 1 aliphatic heterocycles. The summed E-state index contributed by atoms with van der Waals surface area (Å²) in [4.78, 5) is 27.5. The molecule has 0 radical (unpaired) electrons. The van der Waals surface area contributed by atoms with Crippen molar-refractivity contribution in [2.45, 2.75) is 25.8 Å². The first kappa shape index (κ1) is 14.6. The first-order chi connectivity index (χ1) is 11.5. The molecule has 2 heterocycles. The molecular formula is C16H15N5O3. The molecule has 24 heavy (non-hydrogen) atoms. The fourth-order valence-electron chi connectivity index (χ4n) is 3.46. The fourth-order valence-corrected chi connectivity index (χ4v) is 3.46. The molecule has 0 saturated carbocycles. The summed E-state index contributed by atoms with van der Waals surface area (Å²) >= 11 is 0. The summed E-state index contributed by atoms with van der Waals surface area (Å²) in [6.45, 7) is 2.03. The number of nitro groups is 1. The van der Waals surface area contributed by atoms with Crippen LogP contribution in [0.1, 0.15) is 31.4 Å². The van der Waals surface area contributed by atoms with Crippen LogP contribution in [0.4, 0.5) is 11.6 Å². The van der Waals surface area contributed by atoms with Crippen LogP contribution < -0.4 is 5.32 Å². The molecule has 4 rings (SSSR count). The van der Waals surface area contributed by atoms with E-state index < -0.39 is 11.0 Å². The number of nitrogens with one attached hydrogen (secondary N) is 1. The van der Waals surface area contributed by atoms with Gasteiger partial charge in [0.2, 0.25) is 5.95 Å². The maximum absolute atomic E-state index is 12.7. The van der Waals surface area contributed by atoms with E-state index in [9.17, 15) is 14.9 Å². The zero-order valence-electron chi connectivity index (χ0n) is 13.0. The summed E-state index contributed by atoms with van der Waals surface area (Å²) in [6.07, 6.45) is 2.63. The number of hydrogen-bond donors (Lipinski definition) is 1. The lowest BCUT2D eigenvalue weighted by Crippen LogP contribution is -2.33. The average molecular weight is 325 g/mol. The Morgan fingerprint density at radius 2 is 2.21 bits per heavy atom. The lowest BCUT2D eigenvalue weighted by molar-refractivity contribution is -0.384. The minimum atomic E-state index is -0.487. The van der Waals surface area contributed by atoms with Crippen molar-refractivity contribution in [3.8, 4) is 0 Å². The molecule has 1 aromatic heterocycles. The number of Topliss-reactive ketones (excluding diaryl/α,β-unsaturated/α-hetero) is 1. The van der Waals surface area contributed by atoms with Gasteiger partial charge >= 0.3 is 0 Å². The van der Waals surface area contributed by atoms with Crippen LogP contribution in [0.5, 0.6) is 0 Å². The highest BCUT2D eigenvalue weighted by Crippen LogP contribution is 2.41. The quantitative estimate of drug-likeness (QED) is 0.672. The van der Waals surface area contributed by atoms with E-state index >= 15 is 0 Å². The third-order valence-electron chi connectivity index (χ3n) is 4.46. The van der Waals surface area contributed by atoms with Gasteiger partial charge in [-0.1, -0.05) is 19.1 Å². The number of carbonyl (C=O) groups is 1. The Hall–Kier alpha value is -3.03. The van der Waals surface area contributed by atoms with Crippen LogP contribution in [0.2, 0.25) is 0 Å². The van der Waals surface area contributed by atoms with E-state index in [0.717, 1.165) is 12.1 Å². The number of carbonyl (C=O) groups excluding carboxylic acids is 1. The first-order valence-electron chi connectivity index (χ1n) is 7.71. The van der Waals surface area contributed by atoms with Crippen LogP contribution in [0.15, 0.2) is 41.9 Å². The zero-order valence-corrected chi connectivity index (χ0v) is 13.0. The topological polar surface area (TPSA) is 103 Å². The van der Waals surface area contributed by atoms with Crippen molar-refractivity contribution in [2.75, 3.05) is 5.32 Å². The van der Waals surface area contributed by atoms with Crippen molar-refractivity contribution in [1.82, 2.24) is 14.8 Å². The van der Waals surface area contributed by atoms with Gasteiger partial charge in [-0.3, -0.25) is 14.9 Å². The van der Waals surface area contributed by atoms with E-state index in [1.165, 1.54) is 18.5 Å². The van der Waals surface area contributed by atoms with Crippen molar-refractivity contribution in [3.05, 3.63) is 57.5 Å². The van der Waals surface area contributed by atoms with E-state index in [-0.39, 0.29) is 17.4 Å². The van der Waals surface area contributed by atoms with Crippen LogP contribution in [0.3, 0.4) is 0 Å². The molecule has 2 atom stereocenters. The van der Waals surface area contributed by atoms with E-state index in [2.05, 4.69) is 15.4 Å². The highest BCUT2D eigenvalue weighted by atomic mass is 16.6. The molecule has 8 heteroatoms. The second-order valence-corrected chi connectivity index (χ2v) is 6.24. The summed E-state index contributed by atoms with van der Waals surface area (Å²) in [5, 5.41) is 18.5. The van der Waals surface area contributed by atoms with Gasteiger partial charge in [0.1, 0.15) is 12.4 Å². The summed E-state index contributed by atoms with van der Waals surface area (Å²) < 4.78 is 1.62. The van der Waals surface area contributed by atoms with Crippen molar-refractivity contribution >= 4 is 17.4 Å². The summed E-state index contributed by atoms with van der Waals surface area (Å²) in [7, 11) is 0. The molecule has 0 spiro atoms. The maximum atomic E-state index is 12.7. The number of rotatable bonds is 2. The maximum Gasteiger partial charge on any atom is 0.269 e. The molecule has 2 aliphatic rings. The minimum Gasteiger partial charge on any atom is -0.328 e. The SMILES string of the molecule is C[C@H]1CC(=O)C2=C(C1)Nc1ncnn1[C@H]2c1cccc([N+](=O)[O-])c1. The molecule has 0 bridgehead atoms. The second-order valence-electron chi connectivity index (χ2n) is 6.24. The van der Waals surface area contributed by atoms with Crippen molar-refractivity contribution < 1.29 is 9.72 Å². The van der Waals surface area contributed by atoms with Gasteiger partial charge in [0.05, 0.1) is 4.92 Å². The molecule has 0 saturated heterocycles. The van der Waals surface area contributed by atoms with Gasteiger partial charge in [0.25, 0.3) is 5.69 Å². The van der Waals surface area contributed by atoms with Gasteiger partial charge in [-0.25, -0.2) is 4.68 Å². The lowest BCUT2D eigenvalue weighted by Gasteiger charge is -2.34. The normalized spacial score (nSPS) is 22.6. The number of ketones is 1.